The molecular weight excluding hydrogens is 319 g/mol. The van der Waals surface area contributed by atoms with E-state index in [0.29, 0.717) is 10.0 Å². The summed E-state index contributed by atoms with van der Waals surface area (Å²) in [6.07, 6.45) is 2.27. The molecule has 5 heteroatoms. The average molecular weight is 324 g/mol. The van der Waals surface area contributed by atoms with Crippen molar-refractivity contribution in [3.05, 3.63) is 38.5 Å². The number of rotatable bonds is 2. The summed E-state index contributed by atoms with van der Waals surface area (Å²) in [6.45, 7) is 0. The molecule has 0 aliphatic rings. The summed E-state index contributed by atoms with van der Waals surface area (Å²) in [6, 6.07) is 3.12. The smallest absolute Gasteiger partial charge is 0.328 e. The van der Waals surface area contributed by atoms with Crippen LogP contribution in [0.25, 0.3) is 6.08 Å². The standard InChI is InChI=1S/C9H5Br2FO2/c10-6-3-1-5(2-4-7(13)14)8(11)9(6)12/h1-4H,(H,13,14). The summed E-state index contributed by atoms with van der Waals surface area (Å²) in [5.41, 5.74) is 0.480. The zero-order valence-electron chi connectivity index (χ0n) is 6.80. The van der Waals surface area contributed by atoms with Gasteiger partial charge in [-0.2, -0.15) is 0 Å². The number of aliphatic carboxylic acids is 1. The Morgan fingerprint density at radius 1 is 1.43 bits per heavy atom. The van der Waals surface area contributed by atoms with Crippen LogP contribution in [0.4, 0.5) is 4.39 Å². The predicted octanol–water partition coefficient (Wildman–Crippen LogP) is 3.45. The number of hydrogen-bond donors (Lipinski definition) is 1. The Labute approximate surface area is 96.7 Å². The predicted molar refractivity (Wildman–Crippen MR) is 58.5 cm³/mol. The fraction of sp³-hybridized carbons (Fsp3) is 0. The average Bonchev–Trinajstić information content (AvgIpc) is 2.13. The van der Waals surface area contributed by atoms with Crippen LogP contribution in [-0.2, 0) is 4.79 Å². The lowest BCUT2D eigenvalue weighted by molar-refractivity contribution is -0.131. The van der Waals surface area contributed by atoms with E-state index in [4.69, 9.17) is 5.11 Å². The molecule has 0 fully saturated rings. The summed E-state index contributed by atoms with van der Waals surface area (Å²) in [5, 5.41) is 8.38. The highest BCUT2D eigenvalue weighted by Crippen LogP contribution is 2.27. The number of halogens is 3. The van der Waals surface area contributed by atoms with Crippen molar-refractivity contribution in [1.82, 2.24) is 0 Å². The Hall–Kier alpha value is -0.680. The van der Waals surface area contributed by atoms with Gasteiger partial charge in [0.15, 0.2) is 5.82 Å². The number of carboxylic acids is 1. The van der Waals surface area contributed by atoms with E-state index in [1.807, 2.05) is 0 Å². The third-order valence-electron chi connectivity index (χ3n) is 1.47. The topological polar surface area (TPSA) is 37.3 Å². The van der Waals surface area contributed by atoms with E-state index < -0.39 is 11.8 Å². The minimum Gasteiger partial charge on any atom is -0.478 e. The van der Waals surface area contributed by atoms with E-state index in [9.17, 15) is 9.18 Å². The zero-order chi connectivity index (χ0) is 10.7. The normalized spacial score (nSPS) is 10.8. The van der Waals surface area contributed by atoms with Crippen LogP contribution in [-0.4, -0.2) is 11.1 Å². The Kier molecular flexibility index (Phi) is 3.83. The minimum atomic E-state index is -1.07. The molecule has 0 radical (unpaired) electrons. The molecule has 0 amide bonds. The summed E-state index contributed by atoms with van der Waals surface area (Å²) in [7, 11) is 0. The number of hydrogen-bond acceptors (Lipinski definition) is 1. The van der Waals surface area contributed by atoms with Crippen molar-refractivity contribution in [3.8, 4) is 0 Å². The van der Waals surface area contributed by atoms with E-state index in [0.717, 1.165) is 6.08 Å². The van der Waals surface area contributed by atoms with Crippen LogP contribution in [0.15, 0.2) is 27.2 Å². The summed E-state index contributed by atoms with van der Waals surface area (Å²) >= 11 is 6.05. The van der Waals surface area contributed by atoms with E-state index in [1.165, 1.54) is 12.1 Å². The van der Waals surface area contributed by atoms with Gasteiger partial charge in [0.05, 0.1) is 8.95 Å². The maximum atomic E-state index is 13.2. The molecule has 1 N–H and O–H groups in total. The Morgan fingerprint density at radius 3 is 2.64 bits per heavy atom. The van der Waals surface area contributed by atoms with Crippen molar-refractivity contribution in [2.45, 2.75) is 0 Å². The molecule has 0 saturated heterocycles. The van der Waals surface area contributed by atoms with Crippen LogP contribution >= 0.6 is 31.9 Å². The molecule has 2 nitrogen and oxygen atoms in total. The monoisotopic (exact) mass is 322 g/mol. The van der Waals surface area contributed by atoms with E-state index in [2.05, 4.69) is 31.9 Å². The van der Waals surface area contributed by atoms with Crippen molar-refractivity contribution in [2.24, 2.45) is 0 Å². The highest BCUT2D eigenvalue weighted by molar-refractivity contribution is 9.11. The first kappa shape index (κ1) is 11.4. The second kappa shape index (κ2) is 4.70. The fourth-order valence-corrected chi connectivity index (χ4v) is 1.90. The summed E-state index contributed by atoms with van der Waals surface area (Å²) < 4.78 is 13.8. The molecular formula is C9H5Br2FO2. The maximum absolute atomic E-state index is 13.2. The molecule has 0 aromatic heterocycles. The van der Waals surface area contributed by atoms with Crippen LogP contribution in [0.2, 0.25) is 0 Å². The lowest BCUT2D eigenvalue weighted by atomic mass is 10.2. The molecule has 0 heterocycles. The molecule has 1 aromatic carbocycles. The van der Waals surface area contributed by atoms with Crippen molar-refractivity contribution >= 4 is 43.9 Å². The van der Waals surface area contributed by atoms with E-state index in [-0.39, 0.29) is 4.47 Å². The Balaban J connectivity index is 3.12. The number of carbonyl (C=O) groups is 1. The first-order valence-electron chi connectivity index (χ1n) is 3.57. The van der Waals surface area contributed by atoms with Crippen LogP contribution in [0.5, 0.6) is 0 Å². The van der Waals surface area contributed by atoms with Gasteiger partial charge in [-0.25, -0.2) is 9.18 Å². The molecule has 0 aliphatic carbocycles. The van der Waals surface area contributed by atoms with Gasteiger partial charge in [-0.15, -0.1) is 0 Å². The number of carboxylic acid groups (broad SMARTS) is 1. The summed E-state index contributed by atoms with van der Waals surface area (Å²) in [4.78, 5) is 10.2. The second-order valence-electron chi connectivity index (χ2n) is 2.44. The molecule has 0 bridgehead atoms. The van der Waals surface area contributed by atoms with Gasteiger partial charge in [-0.05, 0) is 49.6 Å². The quantitative estimate of drug-likeness (QED) is 0.668. The lowest BCUT2D eigenvalue weighted by Crippen LogP contribution is -1.88. The molecule has 1 aromatic rings. The summed E-state index contributed by atoms with van der Waals surface area (Å²) in [5.74, 6) is -1.52. The van der Waals surface area contributed by atoms with Crippen LogP contribution in [0.1, 0.15) is 5.56 Å². The van der Waals surface area contributed by atoms with Crippen LogP contribution < -0.4 is 0 Å². The van der Waals surface area contributed by atoms with Gasteiger partial charge < -0.3 is 5.11 Å². The molecule has 0 spiro atoms. The Morgan fingerprint density at radius 2 is 2.07 bits per heavy atom. The molecule has 0 atom stereocenters. The van der Waals surface area contributed by atoms with Gasteiger partial charge in [0.1, 0.15) is 0 Å². The highest BCUT2D eigenvalue weighted by atomic mass is 79.9. The van der Waals surface area contributed by atoms with Crippen molar-refractivity contribution in [1.29, 1.82) is 0 Å². The van der Waals surface area contributed by atoms with Crippen LogP contribution in [0.3, 0.4) is 0 Å². The zero-order valence-corrected chi connectivity index (χ0v) is 9.97. The SMILES string of the molecule is O=C(O)C=Cc1ccc(Br)c(F)c1Br. The molecule has 1 rings (SSSR count). The second-order valence-corrected chi connectivity index (χ2v) is 4.08. The van der Waals surface area contributed by atoms with E-state index >= 15 is 0 Å². The molecule has 0 unspecified atom stereocenters. The fourth-order valence-electron chi connectivity index (χ4n) is 0.831. The Bertz CT molecular complexity index is 402. The third-order valence-corrected chi connectivity index (χ3v) is 2.89. The van der Waals surface area contributed by atoms with Gasteiger partial charge in [-0.1, -0.05) is 6.07 Å². The number of benzene rings is 1. The van der Waals surface area contributed by atoms with Gasteiger partial charge >= 0.3 is 5.97 Å². The first-order valence-corrected chi connectivity index (χ1v) is 5.15. The van der Waals surface area contributed by atoms with Crippen LogP contribution in [0, 0.1) is 5.82 Å². The van der Waals surface area contributed by atoms with Crippen molar-refractivity contribution in [2.75, 3.05) is 0 Å². The van der Waals surface area contributed by atoms with Gasteiger partial charge in [0.25, 0.3) is 0 Å². The van der Waals surface area contributed by atoms with Gasteiger partial charge in [0.2, 0.25) is 0 Å². The van der Waals surface area contributed by atoms with Gasteiger partial charge in [0, 0.05) is 6.08 Å². The largest absolute Gasteiger partial charge is 0.478 e. The van der Waals surface area contributed by atoms with Crippen molar-refractivity contribution in [3.63, 3.8) is 0 Å². The highest BCUT2D eigenvalue weighted by Gasteiger charge is 2.07. The molecule has 74 valence electrons. The van der Waals surface area contributed by atoms with E-state index in [1.54, 1.807) is 6.07 Å². The molecule has 0 aliphatic heterocycles. The minimum absolute atomic E-state index is 0.240. The lowest BCUT2D eigenvalue weighted by Gasteiger charge is -2.01. The maximum Gasteiger partial charge on any atom is 0.328 e. The molecule has 0 saturated carbocycles. The third kappa shape index (κ3) is 2.65. The van der Waals surface area contributed by atoms with Crippen molar-refractivity contribution < 1.29 is 14.3 Å². The van der Waals surface area contributed by atoms with Gasteiger partial charge in [-0.3, -0.25) is 0 Å². The first-order chi connectivity index (χ1) is 6.52. The molecule has 14 heavy (non-hydrogen) atoms.